The summed E-state index contributed by atoms with van der Waals surface area (Å²) in [6.45, 7) is 7.48. The van der Waals surface area contributed by atoms with Crippen molar-refractivity contribution >= 4 is 0 Å². The molecule has 0 aromatic rings. The third-order valence-electron chi connectivity index (χ3n) is 2.86. The molecule has 0 spiro atoms. The quantitative estimate of drug-likeness (QED) is 0.674. The molecule has 0 N–H and O–H groups in total. The van der Waals surface area contributed by atoms with Crippen LogP contribution in [-0.4, -0.2) is 0 Å². The number of hydrogen-bond donors (Lipinski definition) is 0. The summed E-state index contributed by atoms with van der Waals surface area (Å²) < 4.78 is 0. The van der Waals surface area contributed by atoms with Gasteiger partial charge in [-0.1, -0.05) is 11.8 Å². The van der Waals surface area contributed by atoms with Crippen LogP contribution in [0.4, 0.5) is 0 Å². The lowest BCUT2D eigenvalue weighted by molar-refractivity contribution is 0.238. The topological polar surface area (TPSA) is 23.8 Å². The van der Waals surface area contributed by atoms with E-state index in [0.29, 0.717) is 12.8 Å². The summed E-state index contributed by atoms with van der Waals surface area (Å²) in [4.78, 5) is 0. The molecule has 0 amide bonds. The molecule has 1 heteroatoms. The predicted molar refractivity (Wildman–Crippen MR) is 71.3 cm³/mol. The Bertz CT molecular complexity index is 428. The van der Waals surface area contributed by atoms with E-state index in [0.717, 1.165) is 0 Å². The molecule has 0 rings (SSSR count). The molecule has 0 bridgehead atoms. The van der Waals surface area contributed by atoms with E-state index >= 15 is 0 Å². The lowest BCUT2D eigenvalue weighted by atomic mass is 9.67. The van der Waals surface area contributed by atoms with E-state index in [2.05, 4.69) is 23.8 Å². The van der Waals surface area contributed by atoms with Crippen LogP contribution in [0.1, 0.15) is 40.5 Å². The zero-order chi connectivity index (χ0) is 13.7. The van der Waals surface area contributed by atoms with E-state index in [1.54, 1.807) is 0 Å². The lowest BCUT2D eigenvalue weighted by Crippen LogP contribution is -2.29. The van der Waals surface area contributed by atoms with Crippen LogP contribution in [0.3, 0.4) is 0 Å². The fraction of sp³-hybridized carbons (Fsp3) is 0.562. The highest BCUT2D eigenvalue weighted by molar-refractivity contribution is 5.23. The molecule has 17 heavy (non-hydrogen) atoms. The maximum absolute atomic E-state index is 9.07. The first-order valence-corrected chi connectivity index (χ1v) is 5.50. The van der Waals surface area contributed by atoms with Gasteiger partial charge in [0.25, 0.3) is 0 Å². The van der Waals surface area contributed by atoms with E-state index in [1.807, 2.05) is 27.7 Å². The summed E-state index contributed by atoms with van der Waals surface area (Å²) in [5, 5.41) is 9.07. The van der Waals surface area contributed by atoms with Crippen molar-refractivity contribution in [1.82, 2.24) is 0 Å². The average Bonchev–Trinajstić information content (AvgIpc) is 2.28. The van der Waals surface area contributed by atoms with Crippen LogP contribution in [0.15, 0.2) is 0 Å². The summed E-state index contributed by atoms with van der Waals surface area (Å²) in [5.74, 6) is 7.97. The predicted octanol–water partition coefficient (Wildman–Crippen LogP) is 3.23. The van der Waals surface area contributed by atoms with Crippen LogP contribution in [0.25, 0.3) is 0 Å². The Morgan fingerprint density at radius 1 is 0.882 bits per heavy atom. The second kappa shape index (κ2) is 5.00. The zero-order valence-electron chi connectivity index (χ0n) is 11.1. The van der Waals surface area contributed by atoms with Crippen LogP contribution in [0.2, 0.25) is 0 Å². The fourth-order valence-electron chi connectivity index (χ4n) is 2.10. The van der Waals surface area contributed by atoms with Gasteiger partial charge < -0.3 is 0 Å². The van der Waals surface area contributed by atoms with Crippen LogP contribution in [-0.2, 0) is 0 Å². The summed E-state index contributed by atoms with van der Waals surface area (Å²) in [6, 6.07) is 2.25. The maximum Gasteiger partial charge on any atom is 0.0899 e. The third kappa shape index (κ3) is 4.27. The Balaban J connectivity index is 5.13. The fourth-order valence-corrected chi connectivity index (χ4v) is 2.10. The minimum atomic E-state index is -0.660. The Morgan fingerprint density at radius 3 is 1.65 bits per heavy atom. The van der Waals surface area contributed by atoms with Crippen molar-refractivity contribution in [3.8, 4) is 43.1 Å². The molecule has 0 aromatic heterocycles. The van der Waals surface area contributed by atoms with Crippen LogP contribution < -0.4 is 0 Å². The molecular weight excluding hydrogens is 206 g/mol. The number of nitrogens with zero attached hydrogens (tertiary/aromatic N) is 1. The van der Waals surface area contributed by atoms with Gasteiger partial charge in [-0.15, -0.1) is 25.2 Å². The number of terminal acetylenes is 3. The highest BCUT2D eigenvalue weighted by Crippen LogP contribution is 2.41. The van der Waals surface area contributed by atoms with Gasteiger partial charge in [0.15, 0.2) is 0 Å². The maximum atomic E-state index is 9.07. The molecule has 0 heterocycles. The van der Waals surface area contributed by atoms with Gasteiger partial charge in [-0.2, -0.15) is 5.26 Å². The first-order chi connectivity index (χ1) is 7.66. The Kier molecular flexibility index (Phi) is 4.46. The second-order valence-electron chi connectivity index (χ2n) is 5.68. The monoisotopic (exact) mass is 225 g/mol. The highest BCUT2D eigenvalue weighted by Gasteiger charge is 2.36. The molecule has 0 aromatic carbocycles. The van der Waals surface area contributed by atoms with Crippen molar-refractivity contribution in [2.45, 2.75) is 40.5 Å². The van der Waals surface area contributed by atoms with Gasteiger partial charge in [-0.3, -0.25) is 0 Å². The van der Waals surface area contributed by atoms with Gasteiger partial charge in [0.2, 0.25) is 0 Å². The number of rotatable bonds is 4. The first kappa shape index (κ1) is 15.2. The summed E-state index contributed by atoms with van der Waals surface area (Å²) in [7, 11) is 0. The minimum Gasteiger partial charge on any atom is -0.198 e. The molecule has 0 aliphatic carbocycles. The zero-order valence-corrected chi connectivity index (χ0v) is 11.1. The molecule has 1 unspecified atom stereocenters. The molecule has 0 fully saturated rings. The van der Waals surface area contributed by atoms with Gasteiger partial charge in [0.1, 0.15) is 0 Å². The minimum absolute atomic E-state index is 0.466. The number of hydrogen-bond acceptors (Lipinski definition) is 1. The van der Waals surface area contributed by atoms with E-state index < -0.39 is 16.2 Å². The molecule has 0 aliphatic rings. The lowest BCUT2D eigenvalue weighted by Gasteiger charge is -2.34. The second-order valence-corrected chi connectivity index (χ2v) is 5.68. The molecule has 0 aliphatic heterocycles. The van der Waals surface area contributed by atoms with Gasteiger partial charge in [0, 0.05) is 5.41 Å². The molecule has 1 nitrogen and oxygen atoms in total. The molecule has 88 valence electrons. The highest BCUT2D eigenvalue weighted by atomic mass is 14.4. The number of nitriles is 1. The van der Waals surface area contributed by atoms with E-state index in [1.165, 1.54) is 0 Å². The Labute approximate surface area is 106 Å². The molecular formula is C16H19N. The van der Waals surface area contributed by atoms with Crippen molar-refractivity contribution in [3.63, 3.8) is 0 Å². The standard InChI is InChI=1S/C16H19N/c1-8-15(6,9-2)12-16(7,10-3)11-14(4,5)13-17/h1-3H,11-12H2,4-7H3. The van der Waals surface area contributed by atoms with Crippen LogP contribution >= 0.6 is 0 Å². The van der Waals surface area contributed by atoms with Gasteiger partial charge >= 0.3 is 0 Å². The molecule has 0 saturated heterocycles. The van der Waals surface area contributed by atoms with Gasteiger partial charge in [-0.25, -0.2) is 0 Å². The van der Waals surface area contributed by atoms with Crippen LogP contribution in [0.5, 0.6) is 0 Å². The summed E-state index contributed by atoms with van der Waals surface area (Å²) in [6.07, 6.45) is 17.6. The normalized spacial score (nSPS) is 14.6. The third-order valence-corrected chi connectivity index (χ3v) is 2.86. The van der Waals surface area contributed by atoms with E-state index in [4.69, 9.17) is 24.5 Å². The SMILES string of the molecule is C#CC(C)(C#C)CC(C)(C#C)CC(C)(C)C#N. The molecule has 0 saturated carbocycles. The smallest absolute Gasteiger partial charge is 0.0899 e. The molecule has 0 radical (unpaired) electrons. The largest absolute Gasteiger partial charge is 0.198 e. The van der Waals surface area contributed by atoms with Crippen molar-refractivity contribution in [3.05, 3.63) is 0 Å². The summed E-state index contributed by atoms with van der Waals surface area (Å²) in [5.41, 5.74) is -1.61. The van der Waals surface area contributed by atoms with Crippen molar-refractivity contribution in [2.75, 3.05) is 0 Å². The first-order valence-electron chi connectivity index (χ1n) is 5.50. The van der Waals surface area contributed by atoms with E-state index in [9.17, 15) is 0 Å². The Morgan fingerprint density at radius 2 is 1.35 bits per heavy atom. The van der Waals surface area contributed by atoms with Gasteiger partial charge in [0.05, 0.1) is 16.9 Å². The summed E-state index contributed by atoms with van der Waals surface area (Å²) >= 11 is 0. The Hall–Kier alpha value is -1.83. The van der Waals surface area contributed by atoms with Gasteiger partial charge in [-0.05, 0) is 40.5 Å². The van der Waals surface area contributed by atoms with E-state index in [-0.39, 0.29) is 0 Å². The average molecular weight is 225 g/mol. The van der Waals surface area contributed by atoms with Crippen molar-refractivity contribution in [2.24, 2.45) is 16.2 Å². The van der Waals surface area contributed by atoms with Crippen molar-refractivity contribution in [1.29, 1.82) is 5.26 Å². The van der Waals surface area contributed by atoms with Crippen LogP contribution in [0, 0.1) is 64.6 Å². The van der Waals surface area contributed by atoms with Crippen molar-refractivity contribution < 1.29 is 0 Å². The molecule has 1 atom stereocenters.